The molecule has 5 nitrogen and oxygen atoms in total. The third-order valence-corrected chi connectivity index (χ3v) is 3.60. The number of amides is 2. The van der Waals surface area contributed by atoms with Crippen LogP contribution in [0.5, 0.6) is 0 Å². The van der Waals surface area contributed by atoms with Gasteiger partial charge in [0.1, 0.15) is 6.10 Å². The smallest absolute Gasteiger partial charge is 0.249 e. The molecule has 0 aromatic rings. The highest BCUT2D eigenvalue weighted by atomic mass is 16.3. The highest BCUT2D eigenvalue weighted by Gasteiger charge is 2.37. The maximum Gasteiger partial charge on any atom is 0.249 e. The van der Waals surface area contributed by atoms with Gasteiger partial charge in [-0.25, -0.2) is 0 Å². The van der Waals surface area contributed by atoms with Crippen LogP contribution in [0.4, 0.5) is 0 Å². The summed E-state index contributed by atoms with van der Waals surface area (Å²) in [6.07, 6.45) is 2.72. The normalized spacial score (nSPS) is 27.7. The highest BCUT2D eigenvalue weighted by molar-refractivity contribution is 5.83. The quantitative estimate of drug-likeness (QED) is 0.661. The third-order valence-electron chi connectivity index (χ3n) is 3.60. The summed E-state index contributed by atoms with van der Waals surface area (Å²) >= 11 is 0. The van der Waals surface area contributed by atoms with E-state index in [1.807, 2.05) is 13.8 Å². The van der Waals surface area contributed by atoms with Gasteiger partial charge in [-0.1, -0.05) is 0 Å². The molecule has 2 rings (SSSR count). The lowest BCUT2D eigenvalue weighted by molar-refractivity contribution is -0.130. The number of carbonyl (C=O) groups excluding carboxylic acids is 2. The highest BCUT2D eigenvalue weighted by Crippen LogP contribution is 2.28. The fourth-order valence-corrected chi connectivity index (χ4v) is 2.44. The fraction of sp³-hybridized carbons (Fsp3) is 0.846. The van der Waals surface area contributed by atoms with E-state index < -0.39 is 6.10 Å². The molecule has 1 heterocycles. The first-order valence-electron chi connectivity index (χ1n) is 6.68. The van der Waals surface area contributed by atoms with Gasteiger partial charge in [0.25, 0.3) is 0 Å². The van der Waals surface area contributed by atoms with Crippen LogP contribution in [-0.2, 0) is 9.59 Å². The predicted octanol–water partition coefficient (Wildman–Crippen LogP) is 0.321. The summed E-state index contributed by atoms with van der Waals surface area (Å²) in [6.45, 7) is 3.97. The predicted molar refractivity (Wildman–Crippen MR) is 66.7 cm³/mol. The van der Waals surface area contributed by atoms with Gasteiger partial charge in [-0.3, -0.25) is 9.59 Å². The first-order chi connectivity index (χ1) is 8.37. The molecule has 1 saturated carbocycles. The number of hydrogen-bond acceptors (Lipinski definition) is 3. The van der Waals surface area contributed by atoms with Crippen LogP contribution < -0.4 is 10.6 Å². The molecule has 1 aliphatic carbocycles. The van der Waals surface area contributed by atoms with E-state index in [1.54, 1.807) is 0 Å². The van der Waals surface area contributed by atoms with Crippen LogP contribution in [0, 0.1) is 5.92 Å². The molecular formula is C13H22N2O3. The Morgan fingerprint density at radius 2 is 2.22 bits per heavy atom. The molecule has 0 spiro atoms. The minimum absolute atomic E-state index is 0.0369. The van der Waals surface area contributed by atoms with Gasteiger partial charge in [-0.15, -0.1) is 0 Å². The molecule has 102 valence electrons. The lowest BCUT2D eigenvalue weighted by Gasteiger charge is -2.16. The van der Waals surface area contributed by atoms with Crippen LogP contribution in [0.3, 0.4) is 0 Å². The van der Waals surface area contributed by atoms with Crippen LogP contribution in [0.25, 0.3) is 0 Å². The van der Waals surface area contributed by atoms with E-state index in [4.69, 9.17) is 0 Å². The monoisotopic (exact) mass is 254 g/mol. The van der Waals surface area contributed by atoms with E-state index in [-0.39, 0.29) is 29.3 Å². The number of aliphatic hydroxyl groups is 1. The van der Waals surface area contributed by atoms with E-state index >= 15 is 0 Å². The zero-order valence-electron chi connectivity index (χ0n) is 11.0. The van der Waals surface area contributed by atoms with Crippen LogP contribution in [0.15, 0.2) is 0 Å². The Labute approximate surface area is 107 Å². The molecule has 1 unspecified atom stereocenters. The number of nitrogens with one attached hydrogen (secondary N) is 2. The topological polar surface area (TPSA) is 78.4 Å². The molecule has 2 aliphatic rings. The van der Waals surface area contributed by atoms with E-state index in [1.165, 1.54) is 0 Å². The van der Waals surface area contributed by atoms with Gasteiger partial charge in [-0.05, 0) is 46.0 Å². The largest absolute Gasteiger partial charge is 0.383 e. The van der Waals surface area contributed by atoms with Gasteiger partial charge in [0.2, 0.25) is 11.8 Å². The number of hydrogen-bond donors (Lipinski definition) is 3. The molecule has 0 aromatic carbocycles. The third kappa shape index (κ3) is 3.45. The van der Waals surface area contributed by atoms with Crippen LogP contribution in [0.1, 0.15) is 46.0 Å². The van der Waals surface area contributed by atoms with Crippen LogP contribution in [-0.4, -0.2) is 34.6 Å². The van der Waals surface area contributed by atoms with Crippen molar-refractivity contribution < 1.29 is 14.7 Å². The minimum atomic E-state index is -0.984. The fourth-order valence-electron chi connectivity index (χ4n) is 2.44. The van der Waals surface area contributed by atoms with Crippen molar-refractivity contribution in [2.75, 3.05) is 0 Å². The summed E-state index contributed by atoms with van der Waals surface area (Å²) in [4.78, 5) is 23.2. The van der Waals surface area contributed by atoms with Crippen molar-refractivity contribution in [3.63, 3.8) is 0 Å². The molecule has 1 saturated heterocycles. The molecule has 1 aliphatic heterocycles. The average Bonchev–Trinajstić information content (AvgIpc) is 3.01. The Bertz CT molecular complexity index is 350. The molecule has 18 heavy (non-hydrogen) atoms. The zero-order valence-corrected chi connectivity index (χ0v) is 11.0. The zero-order chi connectivity index (χ0) is 13.3. The summed E-state index contributed by atoms with van der Waals surface area (Å²) < 4.78 is 0. The Morgan fingerprint density at radius 1 is 1.56 bits per heavy atom. The van der Waals surface area contributed by atoms with Crippen molar-refractivity contribution in [1.82, 2.24) is 10.6 Å². The van der Waals surface area contributed by atoms with Gasteiger partial charge < -0.3 is 15.7 Å². The van der Waals surface area contributed by atoms with Crippen LogP contribution >= 0.6 is 0 Å². The average molecular weight is 254 g/mol. The molecule has 0 bridgehead atoms. The molecule has 0 aromatic heterocycles. The Balaban J connectivity index is 1.73. The summed E-state index contributed by atoms with van der Waals surface area (Å²) in [5.74, 6) is -0.339. The molecule has 2 atom stereocenters. The SMILES string of the molecule is CC1(C)C[C@@H](CCC(O)C(=O)NC2CC2)C(=O)N1. The summed E-state index contributed by atoms with van der Waals surface area (Å²) in [7, 11) is 0. The lowest BCUT2D eigenvalue weighted by Crippen LogP contribution is -2.36. The van der Waals surface area contributed by atoms with E-state index in [0.29, 0.717) is 12.8 Å². The van der Waals surface area contributed by atoms with Gasteiger partial charge in [0.15, 0.2) is 0 Å². The second-order valence-corrected chi connectivity index (χ2v) is 6.15. The van der Waals surface area contributed by atoms with Crippen molar-refractivity contribution in [2.24, 2.45) is 5.92 Å². The Hall–Kier alpha value is -1.10. The van der Waals surface area contributed by atoms with Gasteiger partial charge in [0, 0.05) is 17.5 Å². The Morgan fingerprint density at radius 3 is 2.72 bits per heavy atom. The van der Waals surface area contributed by atoms with Crippen LogP contribution in [0.2, 0.25) is 0 Å². The summed E-state index contributed by atoms with van der Waals surface area (Å²) in [6, 6.07) is 0.265. The van der Waals surface area contributed by atoms with E-state index in [0.717, 1.165) is 19.3 Å². The lowest BCUT2D eigenvalue weighted by atomic mass is 9.92. The molecule has 2 fully saturated rings. The second-order valence-electron chi connectivity index (χ2n) is 6.15. The number of rotatable bonds is 5. The number of aliphatic hydroxyl groups excluding tert-OH is 1. The maximum absolute atomic E-state index is 11.7. The Kier molecular flexibility index (Phi) is 3.61. The van der Waals surface area contributed by atoms with E-state index in [9.17, 15) is 14.7 Å². The molecular weight excluding hydrogens is 232 g/mol. The van der Waals surface area contributed by atoms with Gasteiger partial charge in [0.05, 0.1) is 0 Å². The maximum atomic E-state index is 11.7. The van der Waals surface area contributed by atoms with Crippen molar-refractivity contribution in [1.29, 1.82) is 0 Å². The molecule has 5 heteroatoms. The molecule has 3 N–H and O–H groups in total. The molecule has 2 amide bonds. The van der Waals surface area contributed by atoms with Crippen molar-refractivity contribution in [3.05, 3.63) is 0 Å². The van der Waals surface area contributed by atoms with Gasteiger partial charge >= 0.3 is 0 Å². The second kappa shape index (κ2) is 4.88. The van der Waals surface area contributed by atoms with E-state index in [2.05, 4.69) is 10.6 Å². The first-order valence-corrected chi connectivity index (χ1v) is 6.68. The van der Waals surface area contributed by atoms with Gasteiger partial charge in [-0.2, -0.15) is 0 Å². The van der Waals surface area contributed by atoms with Crippen molar-refractivity contribution in [3.8, 4) is 0 Å². The summed E-state index contributed by atoms with van der Waals surface area (Å²) in [5, 5.41) is 15.4. The van der Waals surface area contributed by atoms with Crippen molar-refractivity contribution >= 4 is 11.8 Å². The summed E-state index contributed by atoms with van der Waals surface area (Å²) in [5.41, 5.74) is -0.164. The van der Waals surface area contributed by atoms with Crippen molar-refractivity contribution in [2.45, 2.75) is 63.6 Å². The first kappa shape index (κ1) is 13.3. The number of carbonyl (C=O) groups is 2. The standard InChI is InChI=1S/C13H22N2O3/c1-13(2)7-8(11(17)15-13)3-6-10(16)12(18)14-9-4-5-9/h8-10,16H,3-7H2,1-2H3,(H,14,18)(H,15,17)/t8-,10?/m1/s1. The molecule has 0 radical (unpaired) electrons. The minimum Gasteiger partial charge on any atom is -0.383 e.